The summed E-state index contributed by atoms with van der Waals surface area (Å²) in [5.74, 6) is -4.86. The Bertz CT molecular complexity index is 3390. The Kier molecular flexibility index (Phi) is 17.6. The number of fused-ring (bicyclic) bond motifs is 5. The number of hydrogen-bond acceptors (Lipinski definition) is 15. The van der Waals surface area contributed by atoms with E-state index in [0.29, 0.717) is 64.7 Å². The van der Waals surface area contributed by atoms with Crippen molar-refractivity contribution >= 4 is 70.2 Å². The molecule has 0 saturated carbocycles. The van der Waals surface area contributed by atoms with E-state index in [0.717, 1.165) is 4.90 Å². The largest absolute Gasteiger partial charge is 0.458 e. The van der Waals surface area contributed by atoms with Crippen LogP contribution in [0.4, 0.5) is 19.7 Å². The molecular formula is C58H68FN9O14. The predicted octanol–water partition coefficient (Wildman–Crippen LogP) is 4.76. The summed E-state index contributed by atoms with van der Waals surface area (Å²) in [4.78, 5) is 137. The highest BCUT2D eigenvalue weighted by Gasteiger charge is 2.46. The van der Waals surface area contributed by atoms with Gasteiger partial charge in [0.15, 0.2) is 5.60 Å². The summed E-state index contributed by atoms with van der Waals surface area (Å²) in [6.07, 6.45) is 2.96. The van der Waals surface area contributed by atoms with E-state index < -0.39 is 89.1 Å². The van der Waals surface area contributed by atoms with E-state index in [-0.39, 0.29) is 103 Å². The van der Waals surface area contributed by atoms with Gasteiger partial charge in [-0.05, 0) is 108 Å². The molecule has 23 nitrogen and oxygen atoms in total. The maximum Gasteiger partial charge on any atom is 0.407 e. The van der Waals surface area contributed by atoms with Crippen molar-refractivity contribution in [2.75, 3.05) is 25.0 Å². The van der Waals surface area contributed by atoms with Crippen LogP contribution in [0.5, 0.6) is 0 Å². The molecule has 4 aliphatic rings. The van der Waals surface area contributed by atoms with E-state index in [1.54, 1.807) is 54.5 Å². The lowest BCUT2D eigenvalue weighted by molar-refractivity contribution is -0.172. The van der Waals surface area contributed by atoms with Gasteiger partial charge in [0.1, 0.15) is 36.7 Å². The molecule has 4 aromatic rings. The molecule has 0 bridgehead atoms. The fraction of sp³-hybridized carbons (Fsp3) is 0.466. The van der Waals surface area contributed by atoms with Gasteiger partial charge in [-0.1, -0.05) is 33.3 Å². The number of carbonyl (C=O) groups excluding carboxylic acids is 9. The predicted molar refractivity (Wildman–Crippen MR) is 294 cm³/mol. The van der Waals surface area contributed by atoms with Gasteiger partial charge >= 0.3 is 18.2 Å². The van der Waals surface area contributed by atoms with Crippen LogP contribution in [0.3, 0.4) is 0 Å². The second-order valence-electron chi connectivity index (χ2n) is 22.2. The second kappa shape index (κ2) is 24.3. The van der Waals surface area contributed by atoms with Gasteiger partial charge in [-0.2, -0.15) is 0 Å². The molecular weight excluding hydrogens is 1070 g/mol. The molecule has 0 unspecified atom stereocenters. The number of carbonyl (C=O) groups is 9. The summed E-state index contributed by atoms with van der Waals surface area (Å²) < 4.78 is 33.3. The minimum absolute atomic E-state index is 0.00446. The Morgan fingerprint density at radius 2 is 1.62 bits per heavy atom. The number of halogens is 1. The number of rotatable bonds is 20. The number of amides is 8. The van der Waals surface area contributed by atoms with Crippen LogP contribution in [0.25, 0.3) is 22.3 Å². The average Bonchev–Trinajstić information content (AvgIpc) is 3.88. The van der Waals surface area contributed by atoms with Crippen LogP contribution in [0.2, 0.25) is 0 Å². The number of imide groups is 1. The molecule has 0 spiro atoms. The zero-order valence-corrected chi connectivity index (χ0v) is 47.0. The SMILES string of the molecule is CC[C@@]1(O)C(=O)OCc2c1cc1n(c2=O)Cc2c-1nc1cc(F)c(C)c3c1c2[C@@H](NC(=O)OCc1ccc(NC(=O)[C@H](C)NC(=O)[C@@H](NC(=O)CCCCCN2C(=O)C=CC2=O)C(C)C)cc1C(=O)NCCNC(=O)OC(C)(C)C)CC3. The summed E-state index contributed by atoms with van der Waals surface area (Å²) in [6.45, 7) is 12.6. The minimum Gasteiger partial charge on any atom is -0.458 e. The highest BCUT2D eigenvalue weighted by atomic mass is 19.1. The van der Waals surface area contributed by atoms with Crippen LogP contribution < -0.4 is 37.5 Å². The molecule has 436 valence electrons. The fourth-order valence-electron chi connectivity index (χ4n) is 10.6. The Morgan fingerprint density at radius 3 is 2.32 bits per heavy atom. The van der Waals surface area contributed by atoms with Crippen molar-refractivity contribution in [2.45, 2.75) is 149 Å². The number of anilines is 1. The molecule has 0 radical (unpaired) electrons. The zero-order chi connectivity index (χ0) is 59.5. The van der Waals surface area contributed by atoms with Crippen molar-refractivity contribution in [2.24, 2.45) is 5.92 Å². The lowest BCUT2D eigenvalue weighted by Gasteiger charge is -2.31. The molecule has 0 saturated heterocycles. The number of nitrogens with zero attached hydrogens (tertiary/aromatic N) is 3. The van der Waals surface area contributed by atoms with Crippen LogP contribution >= 0.6 is 0 Å². The molecule has 8 rings (SSSR count). The van der Waals surface area contributed by atoms with Crippen LogP contribution in [0, 0.1) is 18.7 Å². The first-order valence-corrected chi connectivity index (χ1v) is 27.4. The number of hydrogen-bond donors (Lipinski definition) is 7. The van der Waals surface area contributed by atoms with Gasteiger partial charge in [0.2, 0.25) is 17.7 Å². The highest BCUT2D eigenvalue weighted by molar-refractivity contribution is 6.13. The fourth-order valence-corrected chi connectivity index (χ4v) is 10.6. The topological polar surface area (TPSA) is 312 Å². The van der Waals surface area contributed by atoms with Crippen LogP contribution in [0.1, 0.15) is 142 Å². The van der Waals surface area contributed by atoms with E-state index in [2.05, 4.69) is 31.9 Å². The molecule has 82 heavy (non-hydrogen) atoms. The summed E-state index contributed by atoms with van der Waals surface area (Å²) in [6, 6.07) is 4.24. The molecule has 3 aliphatic heterocycles. The molecule has 2 aromatic carbocycles. The lowest BCUT2D eigenvalue weighted by atomic mass is 9.81. The maximum absolute atomic E-state index is 15.6. The monoisotopic (exact) mass is 1130 g/mol. The number of aromatic nitrogens is 2. The number of aryl methyl sites for hydroxylation is 1. The van der Waals surface area contributed by atoms with E-state index in [1.165, 1.54) is 47.9 Å². The van der Waals surface area contributed by atoms with Gasteiger partial charge in [0.25, 0.3) is 23.3 Å². The van der Waals surface area contributed by atoms with Gasteiger partial charge in [0, 0.05) is 77.6 Å². The summed E-state index contributed by atoms with van der Waals surface area (Å²) >= 11 is 0. The molecule has 5 heterocycles. The number of alkyl carbamates (subject to hydrolysis) is 2. The maximum atomic E-state index is 15.6. The first-order chi connectivity index (χ1) is 38.8. The van der Waals surface area contributed by atoms with E-state index in [1.807, 2.05) is 0 Å². The van der Waals surface area contributed by atoms with Crippen LogP contribution in [-0.4, -0.2) is 110 Å². The van der Waals surface area contributed by atoms with Gasteiger partial charge in [-0.15, -0.1) is 0 Å². The van der Waals surface area contributed by atoms with Crippen molar-refractivity contribution < 1.29 is 66.9 Å². The minimum atomic E-state index is -2.08. The molecule has 0 fully saturated rings. The van der Waals surface area contributed by atoms with Crippen LogP contribution in [0.15, 0.2) is 47.3 Å². The van der Waals surface area contributed by atoms with Crippen LogP contribution in [-0.2, 0) is 74.8 Å². The highest BCUT2D eigenvalue weighted by Crippen LogP contribution is 2.46. The van der Waals surface area contributed by atoms with Gasteiger partial charge in [0.05, 0.1) is 35.1 Å². The van der Waals surface area contributed by atoms with Crippen molar-refractivity contribution in [3.05, 3.63) is 103 Å². The average molecular weight is 1130 g/mol. The van der Waals surface area contributed by atoms with Crippen molar-refractivity contribution in [3.8, 4) is 11.4 Å². The zero-order valence-electron chi connectivity index (χ0n) is 47.0. The molecule has 1 aliphatic carbocycles. The molecule has 4 atom stereocenters. The third-order valence-corrected chi connectivity index (χ3v) is 14.9. The number of pyridine rings is 2. The number of nitrogens with one attached hydrogen (secondary N) is 6. The quantitative estimate of drug-likeness (QED) is 0.0239. The second-order valence-corrected chi connectivity index (χ2v) is 22.2. The summed E-state index contributed by atoms with van der Waals surface area (Å²) in [5, 5.41) is 28.4. The smallest absolute Gasteiger partial charge is 0.407 e. The third-order valence-electron chi connectivity index (χ3n) is 14.9. The summed E-state index contributed by atoms with van der Waals surface area (Å²) in [7, 11) is 0. The number of unbranched alkanes of at least 4 members (excludes halogenated alkanes) is 2. The number of benzene rings is 2. The van der Waals surface area contributed by atoms with Crippen molar-refractivity contribution in [1.82, 2.24) is 41.0 Å². The van der Waals surface area contributed by atoms with Crippen molar-refractivity contribution in [3.63, 3.8) is 0 Å². The first kappa shape index (κ1) is 59.6. The number of esters is 1. The standard InChI is InChI=1S/C58H68FN9O14/c1-9-58(79)38-24-42-49-36(26-68(42)53(75)37(38)28-80-54(58)76)47-40(17-16-34-30(4)39(59)25-41(64-49)46(34)47)65-56(78)81-27-32-14-15-33(23-35(32)51(73)60-20-21-61-55(77)82-57(6,7)8)63-50(72)31(5)62-52(74)48(29(2)3)66-43(69)13-11-10-12-22-67-44(70)18-19-45(67)71/h14-15,18-19,23-25,29,31,40,48,79H,9-13,16-17,20-22,26-28H2,1-8H3,(H,60,73)(H,61,77)(H,62,74)(H,63,72)(H,65,78)(H,66,69)/t31-,40-,48-,58-/m0/s1. The molecule has 2 aromatic heterocycles. The molecule has 24 heteroatoms. The molecule has 7 N–H and O–H groups in total. The van der Waals surface area contributed by atoms with E-state index in [9.17, 15) is 53.1 Å². The number of aliphatic hydroxyl groups is 1. The molecule has 8 amide bonds. The first-order valence-electron chi connectivity index (χ1n) is 27.4. The summed E-state index contributed by atoms with van der Waals surface area (Å²) in [5.41, 5.74) is 0.309. The van der Waals surface area contributed by atoms with E-state index >= 15 is 4.39 Å². The number of cyclic esters (lactones) is 1. The van der Waals surface area contributed by atoms with Gasteiger partial charge in [-0.3, -0.25) is 38.5 Å². The Labute approximate surface area is 471 Å². The normalized spacial score (nSPS) is 17.5. The Balaban J connectivity index is 0.963. The Hall–Kier alpha value is -8.54. The van der Waals surface area contributed by atoms with Gasteiger partial charge < -0.3 is 55.8 Å². The Morgan fingerprint density at radius 1 is 0.902 bits per heavy atom. The van der Waals surface area contributed by atoms with Gasteiger partial charge in [-0.25, -0.2) is 23.8 Å². The number of ether oxygens (including phenoxy) is 3. The lowest BCUT2D eigenvalue weighted by Crippen LogP contribution is -2.53. The van der Waals surface area contributed by atoms with Crippen molar-refractivity contribution in [1.29, 1.82) is 0 Å². The third kappa shape index (κ3) is 12.7. The van der Waals surface area contributed by atoms with E-state index in [4.69, 9.17) is 19.2 Å².